The smallest absolute Gasteiger partial charge is 0.294 e. The molecule has 0 atom stereocenters. The summed E-state index contributed by atoms with van der Waals surface area (Å²) >= 11 is 0. The SMILES string of the molecule is COc1ccccc1NS(=O)(=O)c1ccc(O)c(NC(=O)c2cc(-c3cccc(F)c3)no2)c1. The fraction of sp³-hybridized carbons (Fsp3) is 0.0435. The molecule has 174 valence electrons. The Hall–Kier alpha value is -4.38. The van der Waals surface area contributed by atoms with Gasteiger partial charge in [0.25, 0.3) is 15.9 Å². The van der Waals surface area contributed by atoms with Crippen LogP contribution in [0.15, 0.2) is 82.2 Å². The molecule has 0 fully saturated rings. The Morgan fingerprint density at radius 1 is 1.03 bits per heavy atom. The van der Waals surface area contributed by atoms with Crippen molar-refractivity contribution in [1.29, 1.82) is 0 Å². The summed E-state index contributed by atoms with van der Waals surface area (Å²) in [6.45, 7) is 0. The third-order valence-electron chi connectivity index (χ3n) is 4.73. The quantitative estimate of drug-likeness (QED) is 0.335. The molecule has 0 radical (unpaired) electrons. The maximum absolute atomic E-state index is 13.4. The minimum Gasteiger partial charge on any atom is -0.506 e. The Morgan fingerprint density at radius 3 is 2.59 bits per heavy atom. The zero-order chi connectivity index (χ0) is 24.3. The fourth-order valence-electron chi connectivity index (χ4n) is 3.07. The van der Waals surface area contributed by atoms with Crippen LogP contribution in [0.2, 0.25) is 0 Å². The van der Waals surface area contributed by atoms with Gasteiger partial charge in [0.05, 0.1) is 23.4 Å². The first kappa shape index (κ1) is 22.8. The van der Waals surface area contributed by atoms with Crippen molar-refractivity contribution in [2.24, 2.45) is 0 Å². The predicted molar refractivity (Wildman–Crippen MR) is 122 cm³/mol. The molecule has 0 saturated heterocycles. The van der Waals surface area contributed by atoms with E-state index in [9.17, 15) is 22.7 Å². The van der Waals surface area contributed by atoms with Crippen LogP contribution in [0.4, 0.5) is 15.8 Å². The van der Waals surface area contributed by atoms with Crippen molar-refractivity contribution < 1.29 is 32.0 Å². The molecular formula is C23H18FN3O6S. The molecule has 4 aromatic rings. The molecule has 0 aliphatic heterocycles. The van der Waals surface area contributed by atoms with Gasteiger partial charge < -0.3 is 19.7 Å². The molecule has 4 rings (SSSR count). The molecule has 0 saturated carbocycles. The lowest BCUT2D eigenvalue weighted by molar-refractivity contribution is 0.0987. The molecular weight excluding hydrogens is 465 g/mol. The molecule has 0 spiro atoms. The van der Waals surface area contributed by atoms with E-state index in [1.807, 2.05) is 0 Å². The van der Waals surface area contributed by atoms with E-state index in [0.717, 1.165) is 12.1 Å². The lowest BCUT2D eigenvalue weighted by atomic mass is 10.1. The number of aromatic nitrogens is 1. The van der Waals surface area contributed by atoms with Crippen LogP contribution in [0.1, 0.15) is 10.6 Å². The number of ether oxygens (including phenoxy) is 1. The number of para-hydroxylation sites is 2. The molecule has 1 heterocycles. The van der Waals surface area contributed by atoms with Crippen molar-refractivity contribution in [2.75, 3.05) is 17.1 Å². The Bertz CT molecular complexity index is 1470. The van der Waals surface area contributed by atoms with Gasteiger partial charge in [0.15, 0.2) is 0 Å². The van der Waals surface area contributed by atoms with Gasteiger partial charge in [-0.15, -0.1) is 0 Å². The third kappa shape index (κ3) is 4.84. The summed E-state index contributed by atoms with van der Waals surface area (Å²) in [7, 11) is -2.68. The Morgan fingerprint density at radius 2 is 1.82 bits per heavy atom. The number of sulfonamides is 1. The van der Waals surface area contributed by atoms with Gasteiger partial charge in [-0.2, -0.15) is 0 Å². The number of methoxy groups -OCH3 is 1. The molecule has 1 aromatic heterocycles. The fourth-order valence-corrected chi connectivity index (χ4v) is 4.16. The minimum absolute atomic E-state index is 0.170. The molecule has 11 heteroatoms. The maximum Gasteiger partial charge on any atom is 0.294 e. The van der Waals surface area contributed by atoms with Gasteiger partial charge in [-0.3, -0.25) is 9.52 Å². The lowest BCUT2D eigenvalue weighted by Crippen LogP contribution is -2.15. The molecule has 0 aliphatic rings. The number of nitrogens with zero attached hydrogens (tertiary/aromatic N) is 1. The molecule has 1 amide bonds. The van der Waals surface area contributed by atoms with E-state index < -0.39 is 21.7 Å². The van der Waals surface area contributed by atoms with E-state index in [1.54, 1.807) is 24.3 Å². The summed E-state index contributed by atoms with van der Waals surface area (Å²) < 4.78 is 51.7. The zero-order valence-electron chi connectivity index (χ0n) is 17.7. The molecule has 9 nitrogen and oxygen atoms in total. The van der Waals surface area contributed by atoms with Crippen LogP contribution >= 0.6 is 0 Å². The van der Waals surface area contributed by atoms with Crippen LogP contribution in [-0.4, -0.2) is 31.7 Å². The van der Waals surface area contributed by atoms with Gasteiger partial charge in [-0.05, 0) is 42.5 Å². The van der Waals surface area contributed by atoms with Crippen LogP contribution in [0.5, 0.6) is 11.5 Å². The molecule has 34 heavy (non-hydrogen) atoms. The van der Waals surface area contributed by atoms with Crippen molar-refractivity contribution in [2.45, 2.75) is 4.90 Å². The third-order valence-corrected chi connectivity index (χ3v) is 6.10. The highest BCUT2D eigenvalue weighted by atomic mass is 32.2. The van der Waals surface area contributed by atoms with Crippen molar-refractivity contribution in [3.8, 4) is 22.8 Å². The van der Waals surface area contributed by atoms with Crippen LogP contribution in [0.25, 0.3) is 11.3 Å². The van der Waals surface area contributed by atoms with E-state index in [1.165, 1.54) is 43.5 Å². The Balaban J connectivity index is 1.56. The summed E-state index contributed by atoms with van der Waals surface area (Å²) in [5.41, 5.74) is 0.680. The monoisotopic (exact) mass is 483 g/mol. The molecule has 3 aromatic carbocycles. The highest BCUT2D eigenvalue weighted by Crippen LogP contribution is 2.30. The predicted octanol–water partition coefficient (Wildman–Crippen LogP) is 4.25. The molecule has 0 aliphatic carbocycles. The zero-order valence-corrected chi connectivity index (χ0v) is 18.5. The topological polar surface area (TPSA) is 131 Å². The van der Waals surface area contributed by atoms with Crippen LogP contribution in [0, 0.1) is 5.82 Å². The van der Waals surface area contributed by atoms with Crippen LogP contribution < -0.4 is 14.8 Å². The highest BCUT2D eigenvalue weighted by Gasteiger charge is 2.21. The van der Waals surface area contributed by atoms with Gasteiger partial charge >= 0.3 is 0 Å². The number of carbonyl (C=O) groups is 1. The van der Waals surface area contributed by atoms with Gasteiger partial charge in [0.2, 0.25) is 5.76 Å². The number of phenols is 1. The van der Waals surface area contributed by atoms with Crippen molar-refractivity contribution in [3.63, 3.8) is 0 Å². The summed E-state index contributed by atoms with van der Waals surface area (Å²) in [6.07, 6.45) is 0. The first-order valence-electron chi connectivity index (χ1n) is 9.80. The molecule has 3 N–H and O–H groups in total. The van der Waals surface area contributed by atoms with E-state index in [4.69, 9.17) is 9.26 Å². The van der Waals surface area contributed by atoms with Crippen molar-refractivity contribution in [1.82, 2.24) is 5.16 Å². The number of anilines is 2. The van der Waals surface area contributed by atoms with Crippen molar-refractivity contribution in [3.05, 3.63) is 84.4 Å². The van der Waals surface area contributed by atoms with E-state index in [-0.39, 0.29) is 33.5 Å². The minimum atomic E-state index is -4.09. The average Bonchev–Trinajstić information content (AvgIpc) is 3.31. The van der Waals surface area contributed by atoms with Crippen LogP contribution in [0.3, 0.4) is 0 Å². The number of rotatable bonds is 7. The van der Waals surface area contributed by atoms with Crippen LogP contribution in [-0.2, 0) is 10.0 Å². The number of amides is 1. The number of halogens is 1. The normalized spacial score (nSPS) is 11.1. The second-order valence-electron chi connectivity index (χ2n) is 7.03. The standard InChI is InChI=1S/C23H18FN3O6S/c1-32-21-8-3-2-7-17(21)27-34(30,31)16-9-10-20(28)19(12-16)25-23(29)22-13-18(26-33-22)14-5-4-6-15(24)11-14/h2-13,27-28H,1H3,(H,25,29). The van der Waals surface area contributed by atoms with Gasteiger partial charge in [-0.1, -0.05) is 29.4 Å². The van der Waals surface area contributed by atoms with Gasteiger partial charge in [0, 0.05) is 11.6 Å². The maximum atomic E-state index is 13.4. The number of aromatic hydroxyl groups is 1. The summed E-state index contributed by atoms with van der Waals surface area (Å²) in [5.74, 6) is -1.54. The lowest BCUT2D eigenvalue weighted by Gasteiger charge is -2.13. The summed E-state index contributed by atoms with van der Waals surface area (Å²) in [6, 6.07) is 16.7. The number of nitrogens with one attached hydrogen (secondary N) is 2. The largest absolute Gasteiger partial charge is 0.506 e. The van der Waals surface area contributed by atoms with Gasteiger partial charge in [0.1, 0.15) is 23.0 Å². The van der Waals surface area contributed by atoms with E-state index >= 15 is 0 Å². The molecule has 0 unspecified atom stereocenters. The van der Waals surface area contributed by atoms with Crippen molar-refractivity contribution >= 4 is 27.3 Å². The summed E-state index contributed by atoms with van der Waals surface area (Å²) in [5, 5.41) is 16.3. The van der Waals surface area contributed by atoms with Gasteiger partial charge in [-0.25, -0.2) is 12.8 Å². The second-order valence-corrected chi connectivity index (χ2v) is 8.71. The average molecular weight is 483 g/mol. The van der Waals surface area contributed by atoms with E-state index in [0.29, 0.717) is 11.3 Å². The number of carbonyl (C=O) groups excluding carboxylic acids is 1. The highest BCUT2D eigenvalue weighted by molar-refractivity contribution is 7.92. The second kappa shape index (κ2) is 9.24. The first-order valence-corrected chi connectivity index (χ1v) is 11.3. The number of phenolic OH excluding ortho intramolecular Hbond substituents is 1. The Kier molecular flexibility index (Phi) is 6.19. The van der Waals surface area contributed by atoms with E-state index in [2.05, 4.69) is 15.2 Å². The Labute approximate surface area is 193 Å². The number of hydrogen-bond acceptors (Lipinski definition) is 7. The first-order chi connectivity index (χ1) is 16.3. The summed E-state index contributed by atoms with van der Waals surface area (Å²) in [4.78, 5) is 12.4. The molecule has 0 bridgehead atoms. The number of benzene rings is 3. The number of hydrogen-bond donors (Lipinski definition) is 3.